The van der Waals surface area contributed by atoms with Crippen LogP contribution in [0.15, 0.2) is 22.5 Å². The Labute approximate surface area is 119 Å². The Morgan fingerprint density at radius 2 is 2.37 bits per heavy atom. The lowest BCUT2D eigenvalue weighted by atomic mass is 10.2. The summed E-state index contributed by atoms with van der Waals surface area (Å²) in [5.74, 6) is 1.39. The van der Waals surface area contributed by atoms with Crippen LogP contribution in [-0.4, -0.2) is 44.1 Å². The van der Waals surface area contributed by atoms with E-state index in [1.165, 1.54) is 17.7 Å². The summed E-state index contributed by atoms with van der Waals surface area (Å²) in [7, 11) is 4.25. The van der Waals surface area contributed by atoms with Crippen molar-refractivity contribution in [3.8, 4) is 0 Å². The second kappa shape index (κ2) is 6.91. The number of guanidine groups is 1. The van der Waals surface area contributed by atoms with E-state index in [0.717, 1.165) is 25.4 Å². The van der Waals surface area contributed by atoms with Gasteiger partial charge in [-0.3, -0.25) is 4.99 Å². The lowest BCUT2D eigenvalue weighted by Gasteiger charge is -2.22. The van der Waals surface area contributed by atoms with E-state index < -0.39 is 0 Å². The van der Waals surface area contributed by atoms with Crippen LogP contribution >= 0.6 is 11.3 Å². The molecule has 4 nitrogen and oxygen atoms in total. The van der Waals surface area contributed by atoms with Crippen LogP contribution in [-0.2, 0) is 6.42 Å². The normalized spacial score (nSPS) is 17.7. The summed E-state index contributed by atoms with van der Waals surface area (Å²) in [5.41, 5.74) is 5.91. The molecule has 0 radical (unpaired) electrons. The Hall–Kier alpha value is -1.07. The number of rotatable bonds is 7. The Morgan fingerprint density at radius 3 is 2.95 bits per heavy atom. The van der Waals surface area contributed by atoms with Crippen LogP contribution in [0.4, 0.5) is 0 Å². The minimum atomic E-state index is 0.539. The minimum absolute atomic E-state index is 0.539. The van der Waals surface area contributed by atoms with Gasteiger partial charge in [0.1, 0.15) is 0 Å². The summed E-state index contributed by atoms with van der Waals surface area (Å²) in [6.07, 6.45) is 3.68. The zero-order valence-corrected chi connectivity index (χ0v) is 12.6. The molecule has 1 unspecified atom stereocenters. The number of hydrogen-bond acceptors (Lipinski definition) is 3. The Kier molecular flexibility index (Phi) is 5.22. The fourth-order valence-electron chi connectivity index (χ4n) is 2.23. The van der Waals surface area contributed by atoms with Crippen molar-refractivity contribution < 1.29 is 0 Å². The van der Waals surface area contributed by atoms with E-state index in [-0.39, 0.29) is 0 Å². The maximum Gasteiger partial charge on any atom is 0.188 e. The molecule has 1 aromatic heterocycles. The number of nitrogens with one attached hydrogen (secondary N) is 1. The topological polar surface area (TPSA) is 53.6 Å². The molecular weight excluding hydrogens is 256 g/mol. The predicted molar refractivity (Wildman–Crippen MR) is 82.7 cm³/mol. The average Bonchev–Trinajstić information content (AvgIpc) is 3.05. The number of likely N-dealkylation sites (N-methyl/N-ethyl adjacent to an activating group) is 1. The fraction of sp³-hybridized carbons (Fsp3) is 0.643. The molecule has 0 spiro atoms. The summed E-state index contributed by atoms with van der Waals surface area (Å²) in [6, 6.07) is 4.77. The molecule has 106 valence electrons. The van der Waals surface area contributed by atoms with Crippen molar-refractivity contribution in [1.29, 1.82) is 0 Å². The van der Waals surface area contributed by atoms with Gasteiger partial charge in [0, 0.05) is 17.5 Å². The van der Waals surface area contributed by atoms with E-state index in [4.69, 9.17) is 5.73 Å². The largest absolute Gasteiger partial charge is 0.370 e. The second-order valence-electron chi connectivity index (χ2n) is 5.35. The summed E-state index contributed by atoms with van der Waals surface area (Å²) < 4.78 is 0. The Balaban J connectivity index is 1.69. The summed E-state index contributed by atoms with van der Waals surface area (Å²) >= 11 is 1.78. The molecule has 1 aromatic rings. The molecule has 1 atom stereocenters. The number of hydrogen-bond donors (Lipinski definition) is 2. The SMILES string of the molecule is CN(C)C(CN=C(N)NCCc1cccs1)C1CC1. The summed E-state index contributed by atoms with van der Waals surface area (Å²) in [6.45, 7) is 1.65. The smallest absolute Gasteiger partial charge is 0.188 e. The standard InChI is InChI=1S/C14H24N4S/c1-18(2)13(11-5-6-11)10-17-14(15)16-8-7-12-4-3-9-19-12/h3-4,9,11,13H,5-8,10H2,1-2H3,(H3,15,16,17). The van der Waals surface area contributed by atoms with Crippen molar-refractivity contribution in [3.05, 3.63) is 22.4 Å². The van der Waals surface area contributed by atoms with Gasteiger partial charge in [-0.25, -0.2) is 0 Å². The molecule has 0 aliphatic heterocycles. The molecule has 1 saturated carbocycles. The molecule has 0 bridgehead atoms. The maximum absolute atomic E-state index is 5.91. The zero-order chi connectivity index (χ0) is 13.7. The fourth-order valence-corrected chi connectivity index (χ4v) is 2.94. The van der Waals surface area contributed by atoms with Gasteiger partial charge in [-0.15, -0.1) is 11.3 Å². The number of nitrogens with two attached hydrogens (primary N) is 1. The highest BCUT2D eigenvalue weighted by molar-refractivity contribution is 7.09. The van der Waals surface area contributed by atoms with Gasteiger partial charge in [0.05, 0.1) is 6.54 Å². The number of nitrogens with zero attached hydrogens (tertiary/aromatic N) is 2. The highest BCUT2D eigenvalue weighted by atomic mass is 32.1. The molecule has 1 aliphatic rings. The molecular formula is C14H24N4S. The molecule has 19 heavy (non-hydrogen) atoms. The highest BCUT2D eigenvalue weighted by Gasteiger charge is 2.32. The molecule has 3 N–H and O–H groups in total. The molecule has 2 rings (SSSR count). The molecule has 0 aromatic carbocycles. The van der Waals surface area contributed by atoms with Gasteiger partial charge in [0.2, 0.25) is 0 Å². The molecule has 1 heterocycles. The number of thiophene rings is 1. The van der Waals surface area contributed by atoms with Crippen LogP contribution in [0.25, 0.3) is 0 Å². The third-order valence-corrected chi connectivity index (χ3v) is 4.47. The monoisotopic (exact) mass is 280 g/mol. The van der Waals surface area contributed by atoms with Gasteiger partial charge in [-0.1, -0.05) is 6.07 Å². The molecule has 5 heteroatoms. The van der Waals surface area contributed by atoms with Crippen molar-refractivity contribution in [3.63, 3.8) is 0 Å². The van der Waals surface area contributed by atoms with Crippen LogP contribution in [0.3, 0.4) is 0 Å². The van der Waals surface area contributed by atoms with E-state index in [9.17, 15) is 0 Å². The zero-order valence-electron chi connectivity index (χ0n) is 11.8. The molecule has 0 amide bonds. The van der Waals surface area contributed by atoms with Crippen LogP contribution in [0.2, 0.25) is 0 Å². The van der Waals surface area contributed by atoms with Gasteiger partial charge >= 0.3 is 0 Å². The van der Waals surface area contributed by atoms with Crippen LogP contribution in [0.5, 0.6) is 0 Å². The average molecular weight is 280 g/mol. The van der Waals surface area contributed by atoms with Crippen molar-refractivity contribution in [2.75, 3.05) is 27.2 Å². The van der Waals surface area contributed by atoms with E-state index in [1.54, 1.807) is 11.3 Å². The van der Waals surface area contributed by atoms with Gasteiger partial charge in [0.25, 0.3) is 0 Å². The first-order valence-corrected chi connectivity index (χ1v) is 7.77. The van der Waals surface area contributed by atoms with Crippen LogP contribution in [0.1, 0.15) is 17.7 Å². The first kappa shape index (κ1) is 14.3. The quantitative estimate of drug-likeness (QED) is 0.588. The second-order valence-corrected chi connectivity index (χ2v) is 6.38. The van der Waals surface area contributed by atoms with Crippen molar-refractivity contribution in [1.82, 2.24) is 10.2 Å². The first-order valence-electron chi connectivity index (χ1n) is 6.89. The minimum Gasteiger partial charge on any atom is -0.370 e. The molecule has 1 fully saturated rings. The van der Waals surface area contributed by atoms with Crippen LogP contribution in [0, 0.1) is 5.92 Å². The Morgan fingerprint density at radius 1 is 1.58 bits per heavy atom. The lowest BCUT2D eigenvalue weighted by molar-refractivity contribution is 0.271. The highest BCUT2D eigenvalue weighted by Crippen LogP contribution is 2.34. The van der Waals surface area contributed by atoms with Crippen molar-refractivity contribution in [2.45, 2.75) is 25.3 Å². The van der Waals surface area contributed by atoms with E-state index in [1.807, 2.05) is 0 Å². The van der Waals surface area contributed by atoms with Gasteiger partial charge in [-0.05, 0) is 50.7 Å². The van der Waals surface area contributed by atoms with E-state index >= 15 is 0 Å². The van der Waals surface area contributed by atoms with E-state index in [0.29, 0.717) is 12.0 Å². The maximum atomic E-state index is 5.91. The molecule has 0 saturated heterocycles. The summed E-state index contributed by atoms with van der Waals surface area (Å²) in [5, 5.41) is 5.29. The van der Waals surface area contributed by atoms with Crippen LogP contribution < -0.4 is 11.1 Å². The van der Waals surface area contributed by atoms with Gasteiger partial charge < -0.3 is 16.0 Å². The van der Waals surface area contributed by atoms with Crippen molar-refractivity contribution in [2.24, 2.45) is 16.6 Å². The van der Waals surface area contributed by atoms with Crippen molar-refractivity contribution >= 4 is 17.3 Å². The first-order chi connectivity index (χ1) is 9.16. The molecule has 1 aliphatic carbocycles. The third-order valence-electron chi connectivity index (χ3n) is 3.54. The predicted octanol–water partition coefficient (Wildman–Crippen LogP) is 1.54. The Bertz CT molecular complexity index is 394. The third kappa shape index (κ3) is 4.84. The lowest BCUT2D eigenvalue weighted by Crippen LogP contribution is -2.37. The van der Waals surface area contributed by atoms with E-state index in [2.05, 4.69) is 46.8 Å². The van der Waals surface area contributed by atoms with Gasteiger partial charge in [0.15, 0.2) is 5.96 Å². The number of aliphatic imine (C=N–C) groups is 1. The summed E-state index contributed by atoms with van der Waals surface area (Å²) in [4.78, 5) is 8.11. The van der Waals surface area contributed by atoms with Gasteiger partial charge in [-0.2, -0.15) is 0 Å².